The molecule has 226 valence electrons. The first-order valence-electron chi connectivity index (χ1n) is 14.5. The number of aliphatic hydroxyl groups is 1. The molecule has 0 aliphatic carbocycles. The van der Waals surface area contributed by atoms with E-state index in [9.17, 15) is 14.7 Å². The first kappa shape index (κ1) is 30.1. The molecule has 3 aromatic rings. The molecular weight excluding hydrogens is 548 g/mol. The number of aliphatic hydroxyl groups excluding tert-OH is 1. The molecule has 3 aromatic carbocycles. The molecule has 2 aliphatic rings. The number of benzene rings is 3. The molecule has 0 saturated carbocycles. The molecule has 9 heteroatoms. The van der Waals surface area contributed by atoms with Gasteiger partial charge in [-0.05, 0) is 60.4 Å². The molecule has 1 N–H and O–H groups in total. The quantitative estimate of drug-likeness (QED) is 0.196. The van der Waals surface area contributed by atoms with Crippen molar-refractivity contribution < 1.29 is 33.6 Å². The Bertz CT molecular complexity index is 1480. The molecule has 2 saturated heterocycles. The third kappa shape index (κ3) is 6.68. The summed E-state index contributed by atoms with van der Waals surface area (Å²) in [5.74, 6) is 0.0763. The third-order valence-corrected chi connectivity index (χ3v) is 7.93. The molecule has 2 fully saturated rings. The Hall–Kier alpha value is -4.34. The van der Waals surface area contributed by atoms with Gasteiger partial charge in [-0.3, -0.25) is 14.5 Å². The lowest BCUT2D eigenvalue weighted by molar-refractivity contribution is -0.140. The van der Waals surface area contributed by atoms with Crippen molar-refractivity contribution in [3.63, 3.8) is 0 Å². The van der Waals surface area contributed by atoms with Gasteiger partial charge in [-0.1, -0.05) is 36.4 Å². The Kier molecular flexibility index (Phi) is 9.64. The van der Waals surface area contributed by atoms with E-state index in [1.807, 2.05) is 37.3 Å². The second-order valence-electron chi connectivity index (χ2n) is 10.7. The van der Waals surface area contributed by atoms with Crippen LogP contribution in [0.25, 0.3) is 5.76 Å². The summed E-state index contributed by atoms with van der Waals surface area (Å²) >= 11 is 0. The maximum absolute atomic E-state index is 13.6. The smallest absolute Gasteiger partial charge is 0.295 e. The molecule has 0 unspecified atom stereocenters. The van der Waals surface area contributed by atoms with E-state index in [0.29, 0.717) is 61.2 Å². The number of aryl methyl sites for hydroxylation is 1. The van der Waals surface area contributed by atoms with Gasteiger partial charge < -0.3 is 29.0 Å². The predicted octanol–water partition coefficient (Wildman–Crippen LogP) is 4.74. The Morgan fingerprint density at radius 2 is 1.63 bits per heavy atom. The van der Waals surface area contributed by atoms with Gasteiger partial charge in [0.25, 0.3) is 11.7 Å². The molecule has 2 heterocycles. The number of rotatable bonds is 11. The molecule has 0 spiro atoms. The number of nitrogens with zero attached hydrogens (tertiary/aromatic N) is 2. The van der Waals surface area contributed by atoms with Gasteiger partial charge in [0, 0.05) is 31.7 Å². The first-order chi connectivity index (χ1) is 20.9. The van der Waals surface area contributed by atoms with Gasteiger partial charge >= 0.3 is 0 Å². The summed E-state index contributed by atoms with van der Waals surface area (Å²) in [5, 5.41) is 11.6. The Labute approximate surface area is 252 Å². The fourth-order valence-electron chi connectivity index (χ4n) is 5.62. The number of ketones is 1. The number of carbonyl (C=O) groups excluding carboxylic acids is 2. The van der Waals surface area contributed by atoms with Gasteiger partial charge in [-0.25, -0.2) is 0 Å². The molecule has 5 rings (SSSR count). The first-order valence-corrected chi connectivity index (χ1v) is 14.5. The topological polar surface area (TPSA) is 97.8 Å². The summed E-state index contributed by atoms with van der Waals surface area (Å²) in [5.41, 5.74) is 2.95. The van der Waals surface area contributed by atoms with Crippen molar-refractivity contribution >= 4 is 17.4 Å². The van der Waals surface area contributed by atoms with Crippen LogP contribution >= 0.6 is 0 Å². The van der Waals surface area contributed by atoms with Gasteiger partial charge in [0.1, 0.15) is 18.1 Å². The molecule has 9 nitrogen and oxygen atoms in total. The van der Waals surface area contributed by atoms with Crippen molar-refractivity contribution in [1.82, 2.24) is 9.80 Å². The van der Waals surface area contributed by atoms with E-state index < -0.39 is 17.7 Å². The van der Waals surface area contributed by atoms with E-state index >= 15 is 0 Å². The van der Waals surface area contributed by atoms with Crippen molar-refractivity contribution in [2.75, 3.05) is 53.6 Å². The number of Topliss-reactive ketones (excluding diaryl/α,β-unsaturated/α-hetero) is 1. The van der Waals surface area contributed by atoms with Crippen molar-refractivity contribution in [2.24, 2.45) is 0 Å². The number of carbonyl (C=O) groups is 2. The summed E-state index contributed by atoms with van der Waals surface area (Å²) in [7, 11) is 3.08. The van der Waals surface area contributed by atoms with Crippen LogP contribution in [-0.4, -0.2) is 80.2 Å². The highest BCUT2D eigenvalue weighted by Crippen LogP contribution is 2.42. The fraction of sp³-hybridized carbons (Fsp3) is 0.353. The number of ether oxygens (including phenoxy) is 4. The molecule has 1 atom stereocenters. The predicted molar refractivity (Wildman–Crippen MR) is 162 cm³/mol. The van der Waals surface area contributed by atoms with Crippen LogP contribution in [0.4, 0.5) is 0 Å². The van der Waals surface area contributed by atoms with Crippen LogP contribution in [0.15, 0.2) is 72.3 Å². The minimum absolute atomic E-state index is 0.0425. The summed E-state index contributed by atoms with van der Waals surface area (Å²) in [6.07, 6.45) is 0.670. The summed E-state index contributed by atoms with van der Waals surface area (Å²) in [6, 6.07) is 19.6. The largest absolute Gasteiger partial charge is 0.507 e. The summed E-state index contributed by atoms with van der Waals surface area (Å²) < 4.78 is 22.4. The van der Waals surface area contributed by atoms with Crippen LogP contribution in [-0.2, 0) is 20.9 Å². The molecular formula is C34H38N2O7. The van der Waals surface area contributed by atoms with E-state index in [0.717, 1.165) is 30.8 Å². The molecule has 0 radical (unpaired) electrons. The number of methoxy groups -OCH3 is 2. The highest BCUT2D eigenvalue weighted by Gasteiger charge is 2.46. The monoisotopic (exact) mass is 586 g/mol. The standard InChI is InChI=1S/C34H38N2O7/c1-23-20-26(11-12-27(23)43-22-24-8-5-4-6-9-24)32(37)30-31(25-10-13-28(40-2)29(21-25)41-3)36(34(39)33(30)38)15-7-14-35-16-18-42-19-17-35/h4-6,8-13,20-21,31,37H,7,14-19,22H2,1-3H3/t31-/m1/s1. The van der Waals surface area contributed by atoms with Crippen LogP contribution in [0.1, 0.15) is 34.7 Å². The highest BCUT2D eigenvalue weighted by molar-refractivity contribution is 6.46. The second-order valence-corrected chi connectivity index (χ2v) is 10.7. The number of hydrogen-bond donors (Lipinski definition) is 1. The van der Waals surface area contributed by atoms with Gasteiger partial charge in [0.05, 0.1) is 39.0 Å². The van der Waals surface area contributed by atoms with Gasteiger partial charge in [0.2, 0.25) is 0 Å². The lowest BCUT2D eigenvalue weighted by Gasteiger charge is -2.29. The third-order valence-electron chi connectivity index (χ3n) is 7.93. The van der Waals surface area contributed by atoms with Gasteiger partial charge in [-0.2, -0.15) is 0 Å². The second kappa shape index (κ2) is 13.8. The summed E-state index contributed by atoms with van der Waals surface area (Å²) in [6.45, 7) is 6.45. The SMILES string of the molecule is COc1ccc([C@@H]2C(=C(O)c3ccc(OCc4ccccc4)c(C)c3)C(=O)C(=O)N2CCCN2CCOCC2)cc1OC. The van der Waals surface area contributed by atoms with Crippen molar-refractivity contribution in [3.05, 3.63) is 94.6 Å². The van der Waals surface area contributed by atoms with E-state index in [4.69, 9.17) is 18.9 Å². The molecule has 43 heavy (non-hydrogen) atoms. The zero-order chi connectivity index (χ0) is 30.3. The molecule has 0 aromatic heterocycles. The molecule has 2 aliphatic heterocycles. The lowest BCUT2D eigenvalue weighted by Crippen LogP contribution is -2.38. The number of morpholine rings is 1. The normalized spacial score (nSPS) is 18.6. The molecule has 0 bridgehead atoms. The van der Waals surface area contributed by atoms with E-state index in [1.165, 1.54) is 7.11 Å². The van der Waals surface area contributed by atoms with Crippen molar-refractivity contribution in [1.29, 1.82) is 0 Å². The average molecular weight is 587 g/mol. The van der Waals surface area contributed by atoms with Crippen molar-refractivity contribution in [2.45, 2.75) is 26.0 Å². The number of amides is 1. The molecule has 1 amide bonds. The minimum Gasteiger partial charge on any atom is -0.507 e. The van der Waals surface area contributed by atoms with Crippen LogP contribution in [0, 0.1) is 6.92 Å². The van der Waals surface area contributed by atoms with Gasteiger partial charge in [0.15, 0.2) is 11.5 Å². The van der Waals surface area contributed by atoms with Crippen LogP contribution < -0.4 is 14.2 Å². The summed E-state index contributed by atoms with van der Waals surface area (Å²) in [4.78, 5) is 30.9. The van der Waals surface area contributed by atoms with Crippen molar-refractivity contribution in [3.8, 4) is 17.2 Å². The number of likely N-dealkylation sites (tertiary alicyclic amines) is 1. The van der Waals surface area contributed by atoms with E-state index in [2.05, 4.69) is 4.90 Å². The minimum atomic E-state index is -0.793. The highest BCUT2D eigenvalue weighted by atomic mass is 16.5. The maximum atomic E-state index is 13.6. The Balaban J connectivity index is 1.46. The van der Waals surface area contributed by atoms with Crippen LogP contribution in [0.3, 0.4) is 0 Å². The van der Waals surface area contributed by atoms with E-state index in [1.54, 1.807) is 48.4 Å². The maximum Gasteiger partial charge on any atom is 0.295 e. The van der Waals surface area contributed by atoms with Crippen LogP contribution in [0.5, 0.6) is 17.2 Å². The fourth-order valence-corrected chi connectivity index (χ4v) is 5.62. The van der Waals surface area contributed by atoms with Crippen LogP contribution in [0.2, 0.25) is 0 Å². The lowest BCUT2D eigenvalue weighted by atomic mass is 9.94. The average Bonchev–Trinajstić information content (AvgIpc) is 3.29. The Morgan fingerprint density at radius 3 is 2.33 bits per heavy atom. The van der Waals surface area contributed by atoms with E-state index in [-0.39, 0.29) is 11.3 Å². The Morgan fingerprint density at radius 1 is 0.907 bits per heavy atom. The zero-order valence-corrected chi connectivity index (χ0v) is 24.9. The zero-order valence-electron chi connectivity index (χ0n) is 24.9. The number of hydrogen-bond acceptors (Lipinski definition) is 8. The van der Waals surface area contributed by atoms with Gasteiger partial charge in [-0.15, -0.1) is 0 Å².